The number of amides is 1. The first-order valence-corrected chi connectivity index (χ1v) is 15.5. The maximum Gasteiger partial charge on any atom is 0.294 e. The normalized spacial score (nSPS) is 11.7. The van der Waals surface area contributed by atoms with Crippen molar-refractivity contribution in [2.24, 2.45) is 0 Å². The Morgan fingerprint density at radius 2 is 1.26 bits per heavy atom. The standard InChI is InChI=1S/C37H44N4O5/c1-27(40(2)37(43)35(42)31-23-33(44-3)36(46-5)34(24-31)45-4)25-41(26-30-9-7-6-8-10-30)32(13-11-28-15-19-38-20-16-28)14-12-29-17-21-39-22-18-29/h6-10,15-24,27,32H,11-14,25-26H2,1-5H3/t27-/m0/s1. The van der Waals surface area contributed by atoms with Crippen molar-refractivity contribution in [3.63, 3.8) is 0 Å². The zero-order valence-corrected chi connectivity index (χ0v) is 27.4. The van der Waals surface area contributed by atoms with Gasteiger partial charge in [0.15, 0.2) is 11.5 Å². The minimum atomic E-state index is -0.643. The molecule has 1 amide bonds. The lowest BCUT2D eigenvalue weighted by atomic mass is 9.97. The summed E-state index contributed by atoms with van der Waals surface area (Å²) < 4.78 is 16.2. The number of ether oxygens (including phenoxy) is 3. The number of hydrogen-bond donors (Lipinski definition) is 0. The summed E-state index contributed by atoms with van der Waals surface area (Å²) >= 11 is 0. The average Bonchev–Trinajstić information content (AvgIpc) is 3.11. The predicted molar refractivity (Wildman–Crippen MR) is 178 cm³/mol. The molecule has 0 N–H and O–H groups in total. The molecule has 4 aromatic rings. The number of methoxy groups -OCH3 is 3. The molecule has 2 aromatic carbocycles. The summed E-state index contributed by atoms with van der Waals surface area (Å²) in [5.41, 5.74) is 3.84. The Balaban J connectivity index is 1.57. The van der Waals surface area contributed by atoms with E-state index in [4.69, 9.17) is 14.2 Å². The molecule has 0 aliphatic rings. The number of hydrogen-bond acceptors (Lipinski definition) is 8. The molecule has 2 aromatic heterocycles. The summed E-state index contributed by atoms with van der Waals surface area (Å²) in [7, 11) is 6.13. The van der Waals surface area contributed by atoms with Crippen molar-refractivity contribution < 1.29 is 23.8 Å². The number of aryl methyl sites for hydroxylation is 2. The molecule has 0 saturated carbocycles. The smallest absolute Gasteiger partial charge is 0.294 e. The third-order valence-electron chi connectivity index (χ3n) is 8.38. The van der Waals surface area contributed by atoms with Gasteiger partial charge in [-0.1, -0.05) is 30.3 Å². The number of rotatable bonds is 17. The van der Waals surface area contributed by atoms with Crippen LogP contribution >= 0.6 is 0 Å². The van der Waals surface area contributed by atoms with Gasteiger partial charge in [0.1, 0.15) is 0 Å². The minimum Gasteiger partial charge on any atom is -0.493 e. The number of carbonyl (C=O) groups excluding carboxylic acids is 2. The maximum absolute atomic E-state index is 13.6. The molecule has 4 rings (SSSR count). The van der Waals surface area contributed by atoms with Gasteiger partial charge in [0, 0.05) is 62.6 Å². The highest BCUT2D eigenvalue weighted by molar-refractivity contribution is 6.42. The monoisotopic (exact) mass is 624 g/mol. The molecule has 0 radical (unpaired) electrons. The Morgan fingerprint density at radius 3 is 1.74 bits per heavy atom. The van der Waals surface area contributed by atoms with Crippen LogP contribution in [0.25, 0.3) is 0 Å². The van der Waals surface area contributed by atoms with Gasteiger partial charge in [-0.05, 0) is 85.7 Å². The fourth-order valence-corrected chi connectivity index (χ4v) is 5.59. The number of carbonyl (C=O) groups is 2. The average molecular weight is 625 g/mol. The zero-order valence-electron chi connectivity index (χ0n) is 27.4. The van der Waals surface area contributed by atoms with Crippen LogP contribution in [0.15, 0.2) is 91.5 Å². The molecule has 46 heavy (non-hydrogen) atoms. The van der Waals surface area contributed by atoms with E-state index in [2.05, 4.69) is 51.3 Å². The number of pyridine rings is 2. The molecule has 0 aliphatic carbocycles. The van der Waals surface area contributed by atoms with Crippen LogP contribution < -0.4 is 14.2 Å². The lowest BCUT2D eigenvalue weighted by Crippen LogP contribution is -2.48. The summed E-state index contributed by atoms with van der Waals surface area (Å²) in [4.78, 5) is 39.4. The van der Waals surface area contributed by atoms with E-state index in [-0.39, 0.29) is 17.6 Å². The highest BCUT2D eigenvalue weighted by Crippen LogP contribution is 2.38. The van der Waals surface area contributed by atoms with Crippen LogP contribution in [0.3, 0.4) is 0 Å². The van der Waals surface area contributed by atoms with Crippen LogP contribution in [-0.4, -0.2) is 78.5 Å². The van der Waals surface area contributed by atoms with Crippen molar-refractivity contribution in [3.05, 3.63) is 114 Å². The van der Waals surface area contributed by atoms with Crippen LogP contribution in [0.1, 0.15) is 46.8 Å². The van der Waals surface area contributed by atoms with Crippen molar-refractivity contribution >= 4 is 11.7 Å². The SMILES string of the molecule is COc1cc(C(=O)C(=O)N(C)[C@@H](C)CN(Cc2ccccc2)C(CCc2ccncc2)CCc2ccncc2)cc(OC)c1OC. The van der Waals surface area contributed by atoms with Gasteiger partial charge >= 0.3 is 0 Å². The zero-order chi connectivity index (χ0) is 32.9. The van der Waals surface area contributed by atoms with Crippen LogP contribution in [0.4, 0.5) is 0 Å². The highest BCUT2D eigenvalue weighted by Gasteiger charge is 2.29. The number of aromatic nitrogens is 2. The van der Waals surface area contributed by atoms with E-state index < -0.39 is 11.7 Å². The Morgan fingerprint density at radius 1 is 0.739 bits per heavy atom. The van der Waals surface area contributed by atoms with Crippen molar-refractivity contribution in [1.82, 2.24) is 19.8 Å². The van der Waals surface area contributed by atoms with E-state index in [1.165, 1.54) is 55.1 Å². The van der Waals surface area contributed by atoms with Gasteiger partial charge in [0.2, 0.25) is 5.75 Å². The lowest BCUT2D eigenvalue weighted by molar-refractivity contribution is -0.127. The van der Waals surface area contributed by atoms with E-state index in [1.54, 1.807) is 7.05 Å². The largest absolute Gasteiger partial charge is 0.493 e. The second kappa shape index (κ2) is 17.1. The highest BCUT2D eigenvalue weighted by atomic mass is 16.5. The number of likely N-dealkylation sites (N-methyl/N-ethyl adjacent to an activating group) is 1. The molecule has 0 spiro atoms. The molecular weight excluding hydrogens is 580 g/mol. The first-order valence-electron chi connectivity index (χ1n) is 15.5. The molecule has 1 atom stereocenters. The predicted octanol–water partition coefficient (Wildman–Crippen LogP) is 5.67. The quantitative estimate of drug-likeness (QED) is 0.110. The fourth-order valence-electron chi connectivity index (χ4n) is 5.59. The van der Waals surface area contributed by atoms with Gasteiger partial charge in [0.25, 0.3) is 11.7 Å². The first-order chi connectivity index (χ1) is 22.3. The Bertz CT molecular complexity index is 1470. The number of Topliss-reactive ketones (excluding diaryl/α,β-unsaturated/α-hetero) is 1. The van der Waals surface area contributed by atoms with E-state index >= 15 is 0 Å². The van der Waals surface area contributed by atoms with E-state index in [9.17, 15) is 9.59 Å². The molecule has 9 heteroatoms. The minimum absolute atomic E-state index is 0.173. The van der Waals surface area contributed by atoms with Gasteiger partial charge in [-0.2, -0.15) is 0 Å². The number of benzene rings is 2. The molecule has 0 saturated heterocycles. The van der Waals surface area contributed by atoms with Crippen LogP contribution in [0, 0.1) is 0 Å². The van der Waals surface area contributed by atoms with E-state index in [0.29, 0.717) is 30.3 Å². The lowest BCUT2D eigenvalue weighted by Gasteiger charge is -2.36. The third-order valence-corrected chi connectivity index (χ3v) is 8.38. The molecule has 0 unspecified atom stereocenters. The van der Waals surface area contributed by atoms with Crippen molar-refractivity contribution in [2.45, 2.75) is 51.2 Å². The second-order valence-corrected chi connectivity index (χ2v) is 11.4. The Labute approximate surface area is 272 Å². The van der Waals surface area contributed by atoms with Gasteiger partial charge in [0.05, 0.1) is 21.3 Å². The second-order valence-electron chi connectivity index (χ2n) is 11.4. The van der Waals surface area contributed by atoms with Crippen molar-refractivity contribution in [3.8, 4) is 17.2 Å². The molecule has 9 nitrogen and oxygen atoms in total. The van der Waals surface area contributed by atoms with E-state index in [0.717, 1.165) is 25.7 Å². The molecule has 242 valence electrons. The topological polar surface area (TPSA) is 94.1 Å². The number of nitrogens with zero attached hydrogens (tertiary/aromatic N) is 4. The molecule has 0 aliphatic heterocycles. The summed E-state index contributed by atoms with van der Waals surface area (Å²) in [6.45, 7) is 3.28. The van der Waals surface area contributed by atoms with Crippen LogP contribution in [0.2, 0.25) is 0 Å². The Hall–Kier alpha value is -4.76. The van der Waals surface area contributed by atoms with Gasteiger partial charge in [-0.25, -0.2) is 0 Å². The van der Waals surface area contributed by atoms with Crippen LogP contribution in [0.5, 0.6) is 17.2 Å². The van der Waals surface area contributed by atoms with Gasteiger partial charge in [-0.3, -0.25) is 24.5 Å². The molecule has 2 heterocycles. The van der Waals surface area contributed by atoms with E-state index in [1.807, 2.05) is 49.9 Å². The summed E-state index contributed by atoms with van der Waals surface area (Å²) in [6.07, 6.45) is 11.0. The molecule has 0 fully saturated rings. The number of ketones is 1. The first kappa shape index (κ1) is 34.1. The third kappa shape index (κ3) is 9.14. The Kier molecular flexibility index (Phi) is 12.7. The molecular formula is C37H44N4O5. The van der Waals surface area contributed by atoms with Crippen LogP contribution in [-0.2, 0) is 24.2 Å². The van der Waals surface area contributed by atoms with Gasteiger partial charge in [-0.15, -0.1) is 0 Å². The maximum atomic E-state index is 13.6. The van der Waals surface area contributed by atoms with Crippen molar-refractivity contribution in [1.29, 1.82) is 0 Å². The van der Waals surface area contributed by atoms with Gasteiger partial charge < -0.3 is 19.1 Å². The molecule has 0 bridgehead atoms. The fraction of sp³-hybridized carbons (Fsp3) is 0.351. The summed E-state index contributed by atoms with van der Waals surface area (Å²) in [6, 6.07) is 21.6. The van der Waals surface area contributed by atoms with Crippen molar-refractivity contribution in [2.75, 3.05) is 34.9 Å². The summed E-state index contributed by atoms with van der Waals surface area (Å²) in [5, 5.41) is 0. The summed E-state index contributed by atoms with van der Waals surface area (Å²) in [5.74, 6) is -0.263.